The third-order valence-corrected chi connectivity index (χ3v) is 2.56. The maximum absolute atomic E-state index is 12.6. The van der Waals surface area contributed by atoms with Crippen LogP contribution in [0.1, 0.15) is 25.0 Å². The first-order chi connectivity index (χ1) is 7.79. The zero-order valence-corrected chi connectivity index (χ0v) is 10.4. The average Bonchev–Trinajstić information content (AvgIpc) is 2.21. The Morgan fingerprint density at radius 1 is 1.41 bits per heavy atom. The lowest BCUT2D eigenvalue weighted by Crippen LogP contribution is -2.16. The highest BCUT2D eigenvalue weighted by Gasteiger charge is 2.19. The fourth-order valence-corrected chi connectivity index (χ4v) is 1.50. The van der Waals surface area contributed by atoms with Gasteiger partial charge < -0.3 is 5.73 Å². The third kappa shape index (κ3) is 4.51. The molecule has 4 heteroatoms. The van der Waals surface area contributed by atoms with E-state index in [1.807, 2.05) is 25.1 Å². The summed E-state index contributed by atoms with van der Waals surface area (Å²) in [6.07, 6.45) is 0.562. The maximum atomic E-state index is 12.6. The summed E-state index contributed by atoms with van der Waals surface area (Å²) < 4.78 is 25.3. The van der Waals surface area contributed by atoms with Gasteiger partial charge in [0, 0.05) is 24.7 Å². The highest BCUT2D eigenvalue weighted by atomic mass is 19.3. The van der Waals surface area contributed by atoms with Crippen molar-refractivity contribution in [1.82, 2.24) is 0 Å². The normalized spacial score (nSPS) is 12.9. The lowest BCUT2D eigenvalue weighted by atomic mass is 10.0. The summed E-state index contributed by atoms with van der Waals surface area (Å²) in [4.78, 5) is 3.89. The number of aliphatic imine (C=N–C) groups is 1. The molecule has 0 aliphatic heterocycles. The zero-order chi connectivity index (χ0) is 13.1. The number of benzene rings is 1. The zero-order valence-electron chi connectivity index (χ0n) is 10.4. The van der Waals surface area contributed by atoms with Crippen LogP contribution in [0.25, 0.3) is 0 Å². The van der Waals surface area contributed by atoms with Crippen molar-refractivity contribution in [2.45, 2.75) is 33.1 Å². The molecule has 0 saturated carbocycles. The average molecular weight is 240 g/mol. The SMILES string of the molecule is CC(Cc1cccc(N)c1C)=NCC(C)(F)F. The molecule has 0 fully saturated rings. The molecular formula is C13H18F2N2. The molecule has 0 spiro atoms. The van der Waals surface area contributed by atoms with Gasteiger partial charge in [-0.2, -0.15) is 0 Å². The highest BCUT2D eigenvalue weighted by Crippen LogP contribution is 2.17. The van der Waals surface area contributed by atoms with Gasteiger partial charge in [-0.05, 0) is 31.0 Å². The number of halogens is 2. The van der Waals surface area contributed by atoms with E-state index in [9.17, 15) is 8.78 Å². The molecule has 0 aliphatic carbocycles. The molecule has 0 heterocycles. The van der Waals surface area contributed by atoms with E-state index in [1.165, 1.54) is 0 Å². The molecule has 17 heavy (non-hydrogen) atoms. The van der Waals surface area contributed by atoms with Crippen LogP contribution in [-0.2, 0) is 6.42 Å². The predicted molar refractivity (Wildman–Crippen MR) is 67.9 cm³/mol. The van der Waals surface area contributed by atoms with E-state index in [2.05, 4.69) is 4.99 Å². The van der Waals surface area contributed by atoms with Gasteiger partial charge >= 0.3 is 0 Å². The largest absolute Gasteiger partial charge is 0.399 e. The van der Waals surface area contributed by atoms with Gasteiger partial charge in [-0.3, -0.25) is 4.99 Å². The molecule has 94 valence electrons. The minimum absolute atomic E-state index is 0.458. The number of hydrogen-bond acceptors (Lipinski definition) is 2. The number of rotatable bonds is 4. The van der Waals surface area contributed by atoms with E-state index in [0.29, 0.717) is 12.1 Å². The maximum Gasteiger partial charge on any atom is 0.264 e. The molecule has 2 nitrogen and oxygen atoms in total. The molecule has 1 aromatic rings. The lowest BCUT2D eigenvalue weighted by Gasteiger charge is -2.10. The first-order valence-corrected chi connectivity index (χ1v) is 5.51. The second-order valence-corrected chi connectivity index (χ2v) is 4.43. The van der Waals surface area contributed by atoms with Crippen molar-refractivity contribution in [1.29, 1.82) is 0 Å². The van der Waals surface area contributed by atoms with Crippen molar-refractivity contribution >= 4 is 11.4 Å². The topological polar surface area (TPSA) is 38.4 Å². The van der Waals surface area contributed by atoms with Gasteiger partial charge in [-0.1, -0.05) is 12.1 Å². The summed E-state index contributed by atoms with van der Waals surface area (Å²) in [5.74, 6) is -2.74. The molecule has 0 radical (unpaired) electrons. The second-order valence-electron chi connectivity index (χ2n) is 4.43. The van der Waals surface area contributed by atoms with Gasteiger partial charge in [0.1, 0.15) is 6.54 Å². The van der Waals surface area contributed by atoms with Crippen LogP contribution in [0.4, 0.5) is 14.5 Å². The van der Waals surface area contributed by atoms with Gasteiger partial charge in [0.2, 0.25) is 0 Å². The van der Waals surface area contributed by atoms with Crippen LogP contribution in [0, 0.1) is 6.92 Å². The lowest BCUT2D eigenvalue weighted by molar-refractivity contribution is 0.0326. The molecule has 0 aromatic heterocycles. The Morgan fingerprint density at radius 2 is 2.06 bits per heavy atom. The molecule has 0 atom stereocenters. The summed E-state index contributed by atoms with van der Waals surface area (Å²) >= 11 is 0. The number of alkyl halides is 2. The second kappa shape index (κ2) is 5.25. The van der Waals surface area contributed by atoms with E-state index in [4.69, 9.17) is 5.73 Å². The Kier molecular flexibility index (Phi) is 4.21. The van der Waals surface area contributed by atoms with Crippen molar-refractivity contribution < 1.29 is 8.78 Å². The Morgan fingerprint density at radius 3 is 2.65 bits per heavy atom. The van der Waals surface area contributed by atoms with E-state index in [1.54, 1.807) is 6.92 Å². The van der Waals surface area contributed by atoms with Crippen LogP contribution in [0.2, 0.25) is 0 Å². The molecule has 0 unspecified atom stereocenters. The van der Waals surface area contributed by atoms with E-state index >= 15 is 0 Å². The minimum Gasteiger partial charge on any atom is -0.399 e. The van der Waals surface area contributed by atoms with Crippen LogP contribution in [0.5, 0.6) is 0 Å². The molecular weight excluding hydrogens is 222 g/mol. The summed E-state index contributed by atoms with van der Waals surface area (Å²) in [6, 6.07) is 5.62. The van der Waals surface area contributed by atoms with E-state index < -0.39 is 12.5 Å². The van der Waals surface area contributed by atoms with Gasteiger partial charge in [0.15, 0.2) is 0 Å². The van der Waals surface area contributed by atoms with E-state index in [0.717, 1.165) is 23.7 Å². The number of nitrogens with two attached hydrogens (primary N) is 1. The number of nitrogen functional groups attached to an aromatic ring is 1. The van der Waals surface area contributed by atoms with Gasteiger partial charge in [0.25, 0.3) is 5.92 Å². The standard InChI is InChI=1S/C13H18F2N2/c1-9(17-8-13(3,14)15)7-11-5-4-6-12(16)10(11)2/h4-6H,7-8,16H2,1-3H3. The van der Waals surface area contributed by atoms with Crippen LogP contribution in [-0.4, -0.2) is 18.2 Å². The van der Waals surface area contributed by atoms with Gasteiger partial charge in [-0.15, -0.1) is 0 Å². The van der Waals surface area contributed by atoms with Crippen molar-refractivity contribution in [3.05, 3.63) is 29.3 Å². The van der Waals surface area contributed by atoms with Crippen molar-refractivity contribution in [3.63, 3.8) is 0 Å². The minimum atomic E-state index is -2.74. The molecule has 0 aliphatic rings. The van der Waals surface area contributed by atoms with Gasteiger partial charge in [0.05, 0.1) is 0 Å². The van der Waals surface area contributed by atoms with Crippen LogP contribution in [0.15, 0.2) is 23.2 Å². The Hall–Kier alpha value is -1.45. The van der Waals surface area contributed by atoms with Crippen LogP contribution < -0.4 is 5.73 Å². The van der Waals surface area contributed by atoms with E-state index in [-0.39, 0.29) is 0 Å². The Bertz CT molecular complexity index is 420. The molecule has 1 aromatic carbocycles. The van der Waals surface area contributed by atoms with Crippen LogP contribution in [0.3, 0.4) is 0 Å². The summed E-state index contributed by atoms with van der Waals surface area (Å²) in [5, 5.41) is 0. The molecule has 0 amide bonds. The monoisotopic (exact) mass is 240 g/mol. The fraction of sp³-hybridized carbons (Fsp3) is 0.462. The summed E-state index contributed by atoms with van der Waals surface area (Å²) in [6.45, 7) is 4.09. The third-order valence-electron chi connectivity index (χ3n) is 2.56. The first kappa shape index (κ1) is 13.6. The Labute approximate surface area is 101 Å². The number of nitrogens with zero attached hydrogens (tertiary/aromatic N) is 1. The molecule has 2 N–H and O–H groups in total. The summed E-state index contributed by atoms with van der Waals surface area (Å²) in [7, 11) is 0. The van der Waals surface area contributed by atoms with Crippen LogP contribution >= 0.6 is 0 Å². The van der Waals surface area contributed by atoms with Gasteiger partial charge in [-0.25, -0.2) is 8.78 Å². The highest BCUT2D eigenvalue weighted by molar-refractivity contribution is 5.84. The molecule has 1 rings (SSSR count). The van der Waals surface area contributed by atoms with Crippen molar-refractivity contribution in [2.24, 2.45) is 4.99 Å². The van der Waals surface area contributed by atoms with Crippen molar-refractivity contribution in [3.8, 4) is 0 Å². The first-order valence-electron chi connectivity index (χ1n) is 5.51. The quantitative estimate of drug-likeness (QED) is 0.636. The Balaban J connectivity index is 2.74. The molecule has 0 bridgehead atoms. The predicted octanol–water partition coefficient (Wildman–Crippen LogP) is 3.24. The summed E-state index contributed by atoms with van der Waals surface area (Å²) in [5.41, 5.74) is 9.22. The fourth-order valence-electron chi connectivity index (χ4n) is 1.50. The molecule has 0 saturated heterocycles. The van der Waals surface area contributed by atoms with Crippen molar-refractivity contribution in [2.75, 3.05) is 12.3 Å². The number of hydrogen-bond donors (Lipinski definition) is 1. The number of anilines is 1. The smallest absolute Gasteiger partial charge is 0.264 e.